The van der Waals surface area contributed by atoms with Crippen LogP contribution < -0.4 is 6.15 Å². The lowest BCUT2D eigenvalue weighted by molar-refractivity contribution is 1.23. The van der Waals surface area contributed by atoms with Crippen molar-refractivity contribution in [3.05, 3.63) is 23.5 Å². The number of aryl methyl sites for hydroxylation is 2. The molecule has 0 radical (unpaired) electrons. The molecule has 0 saturated carbocycles. The maximum Gasteiger partial charge on any atom is 0.130 e. The fourth-order valence-corrected chi connectivity index (χ4v) is 0.531. The number of thiol groups is 1. The molecule has 4 heteroatoms. The SMILES string of the molecule is Cc1cc[nH]c1C.N.N#CS. The summed E-state index contributed by atoms with van der Waals surface area (Å²) in [5.74, 6) is 0. The van der Waals surface area contributed by atoms with Crippen LogP contribution in [0.5, 0.6) is 0 Å². The van der Waals surface area contributed by atoms with Crippen LogP contribution >= 0.6 is 12.6 Å². The van der Waals surface area contributed by atoms with E-state index >= 15 is 0 Å². The fourth-order valence-electron chi connectivity index (χ4n) is 0.531. The zero-order chi connectivity index (χ0) is 7.98. The molecule has 0 atom stereocenters. The Balaban J connectivity index is 0. The summed E-state index contributed by atoms with van der Waals surface area (Å²) in [6.45, 7) is 4.15. The van der Waals surface area contributed by atoms with Crippen LogP contribution in [0.1, 0.15) is 11.3 Å². The number of H-pyrrole nitrogens is 1. The number of nitrogens with zero attached hydrogens (tertiary/aromatic N) is 1. The minimum atomic E-state index is 0. The highest BCUT2D eigenvalue weighted by molar-refractivity contribution is 7.85. The Morgan fingerprint density at radius 2 is 2.00 bits per heavy atom. The Morgan fingerprint density at radius 1 is 1.55 bits per heavy atom. The topological polar surface area (TPSA) is 74.6 Å². The molecule has 0 unspecified atom stereocenters. The van der Waals surface area contributed by atoms with Gasteiger partial charge >= 0.3 is 0 Å². The predicted molar refractivity (Wildman–Crippen MR) is 49.9 cm³/mol. The quantitative estimate of drug-likeness (QED) is 0.413. The molecule has 1 aromatic heterocycles. The second kappa shape index (κ2) is 7.19. The average molecular weight is 171 g/mol. The molecule has 0 saturated heterocycles. The number of aromatic amines is 1. The van der Waals surface area contributed by atoms with Crippen molar-refractivity contribution in [3.63, 3.8) is 0 Å². The highest BCUT2D eigenvalue weighted by Crippen LogP contribution is 1.99. The van der Waals surface area contributed by atoms with Gasteiger partial charge in [0.1, 0.15) is 5.40 Å². The second-order valence-corrected chi connectivity index (χ2v) is 2.09. The van der Waals surface area contributed by atoms with Crippen LogP contribution in [0.2, 0.25) is 0 Å². The maximum absolute atomic E-state index is 7.18. The van der Waals surface area contributed by atoms with E-state index in [0.717, 1.165) is 0 Å². The first-order valence-electron chi connectivity index (χ1n) is 2.86. The Labute approximate surface area is 72.4 Å². The van der Waals surface area contributed by atoms with E-state index in [-0.39, 0.29) is 6.15 Å². The Morgan fingerprint density at radius 3 is 2.09 bits per heavy atom. The van der Waals surface area contributed by atoms with Gasteiger partial charge in [0.05, 0.1) is 0 Å². The second-order valence-electron chi connectivity index (χ2n) is 1.89. The van der Waals surface area contributed by atoms with Gasteiger partial charge in [-0.2, -0.15) is 5.26 Å². The maximum atomic E-state index is 7.18. The lowest BCUT2D eigenvalue weighted by Gasteiger charge is -1.81. The van der Waals surface area contributed by atoms with Gasteiger partial charge in [-0.15, -0.1) is 0 Å². The number of thiocyanates is 1. The first-order chi connectivity index (χ1) is 4.72. The lowest BCUT2D eigenvalue weighted by Crippen LogP contribution is -1.69. The van der Waals surface area contributed by atoms with Crippen molar-refractivity contribution >= 4 is 12.6 Å². The first kappa shape index (κ1) is 12.7. The van der Waals surface area contributed by atoms with Crippen LogP contribution in [-0.4, -0.2) is 4.98 Å². The summed E-state index contributed by atoms with van der Waals surface area (Å²) in [5.41, 5.74) is 2.60. The summed E-state index contributed by atoms with van der Waals surface area (Å²) in [5, 5.41) is 8.63. The number of nitriles is 1. The zero-order valence-corrected chi connectivity index (χ0v) is 7.65. The highest BCUT2D eigenvalue weighted by Gasteiger charge is 1.85. The van der Waals surface area contributed by atoms with E-state index in [1.807, 2.05) is 6.20 Å². The zero-order valence-electron chi connectivity index (χ0n) is 6.76. The molecule has 0 spiro atoms. The third-order valence-corrected chi connectivity index (χ3v) is 1.22. The molecule has 0 aromatic carbocycles. The predicted octanol–water partition coefficient (Wildman–Crippen LogP) is 2.19. The van der Waals surface area contributed by atoms with Crippen molar-refractivity contribution in [1.29, 1.82) is 5.26 Å². The molecular weight excluding hydrogens is 158 g/mol. The number of aromatic nitrogens is 1. The molecule has 4 N–H and O–H groups in total. The first-order valence-corrected chi connectivity index (χ1v) is 3.31. The van der Waals surface area contributed by atoms with Gasteiger partial charge in [-0.05, 0) is 25.5 Å². The van der Waals surface area contributed by atoms with E-state index in [4.69, 9.17) is 5.26 Å². The molecule has 11 heavy (non-hydrogen) atoms. The van der Waals surface area contributed by atoms with Crippen molar-refractivity contribution < 1.29 is 0 Å². The largest absolute Gasteiger partial charge is 0.365 e. The molecule has 1 rings (SSSR count). The van der Waals surface area contributed by atoms with Gasteiger partial charge in [0.2, 0.25) is 0 Å². The molecule has 62 valence electrons. The molecule has 1 aromatic rings. The molecule has 0 aliphatic carbocycles. The molecule has 0 aliphatic heterocycles. The van der Waals surface area contributed by atoms with Gasteiger partial charge in [0, 0.05) is 11.9 Å². The number of rotatable bonds is 0. The molecular formula is C7H13N3S. The molecule has 0 bridgehead atoms. The molecule has 1 heterocycles. The number of hydrogen-bond donors (Lipinski definition) is 3. The number of nitrogens with one attached hydrogen (secondary N) is 1. The summed E-state index contributed by atoms with van der Waals surface area (Å²) in [6.07, 6.45) is 1.95. The van der Waals surface area contributed by atoms with Gasteiger partial charge in [-0.3, -0.25) is 0 Å². The third kappa shape index (κ3) is 5.52. The minimum absolute atomic E-state index is 0. The fraction of sp³-hybridized carbons (Fsp3) is 0.286. The summed E-state index contributed by atoms with van der Waals surface area (Å²) >= 11 is 3.09. The van der Waals surface area contributed by atoms with Crippen LogP contribution in [0.4, 0.5) is 0 Å². The van der Waals surface area contributed by atoms with Crippen LogP contribution in [0.25, 0.3) is 0 Å². The van der Waals surface area contributed by atoms with Crippen LogP contribution in [0.15, 0.2) is 12.3 Å². The van der Waals surface area contributed by atoms with E-state index in [2.05, 4.69) is 37.5 Å². The van der Waals surface area contributed by atoms with Crippen molar-refractivity contribution in [2.75, 3.05) is 0 Å². The Kier molecular flexibility index (Phi) is 8.32. The minimum Gasteiger partial charge on any atom is -0.365 e. The summed E-state index contributed by atoms with van der Waals surface area (Å²) in [7, 11) is 0. The van der Waals surface area contributed by atoms with Crippen molar-refractivity contribution in [2.45, 2.75) is 13.8 Å². The lowest BCUT2D eigenvalue weighted by atomic mass is 10.3. The van der Waals surface area contributed by atoms with E-state index in [9.17, 15) is 0 Å². The van der Waals surface area contributed by atoms with Crippen LogP contribution in [0, 0.1) is 24.5 Å². The van der Waals surface area contributed by atoms with Crippen molar-refractivity contribution in [3.8, 4) is 5.40 Å². The van der Waals surface area contributed by atoms with E-state index in [0.29, 0.717) is 0 Å². The van der Waals surface area contributed by atoms with Gasteiger partial charge in [-0.1, -0.05) is 12.6 Å². The third-order valence-electron chi connectivity index (χ3n) is 1.22. The van der Waals surface area contributed by atoms with Gasteiger partial charge in [-0.25, -0.2) is 0 Å². The summed E-state index contributed by atoms with van der Waals surface area (Å²) in [4.78, 5) is 3.07. The molecule has 0 aliphatic rings. The van der Waals surface area contributed by atoms with Crippen LogP contribution in [-0.2, 0) is 0 Å². The van der Waals surface area contributed by atoms with Crippen molar-refractivity contribution in [2.24, 2.45) is 0 Å². The van der Waals surface area contributed by atoms with Crippen LogP contribution in [0.3, 0.4) is 0 Å². The Hall–Kier alpha value is -0.920. The van der Waals surface area contributed by atoms with E-state index in [1.54, 1.807) is 0 Å². The normalized spacial score (nSPS) is 6.73. The average Bonchev–Trinajstić information content (AvgIpc) is 2.19. The summed E-state index contributed by atoms with van der Waals surface area (Å²) < 4.78 is 0. The number of hydrogen-bond acceptors (Lipinski definition) is 3. The standard InChI is InChI=1S/C6H9N.CHNS.H3N/c1-5-3-4-7-6(5)2;2-1-3;/h3-4,7H,1-2H3;3H;1H3. The van der Waals surface area contributed by atoms with Crippen molar-refractivity contribution in [1.82, 2.24) is 11.1 Å². The smallest absolute Gasteiger partial charge is 0.130 e. The highest BCUT2D eigenvalue weighted by atomic mass is 32.1. The molecule has 0 fully saturated rings. The van der Waals surface area contributed by atoms with E-state index < -0.39 is 0 Å². The van der Waals surface area contributed by atoms with Gasteiger partial charge in [0.25, 0.3) is 0 Å². The molecule has 0 amide bonds. The molecule has 3 nitrogen and oxygen atoms in total. The summed E-state index contributed by atoms with van der Waals surface area (Å²) in [6, 6.07) is 2.06. The Bertz CT molecular complexity index is 207. The van der Waals surface area contributed by atoms with Gasteiger partial charge in [0.15, 0.2) is 0 Å². The van der Waals surface area contributed by atoms with E-state index in [1.165, 1.54) is 16.7 Å². The monoisotopic (exact) mass is 171 g/mol. The van der Waals surface area contributed by atoms with Gasteiger partial charge < -0.3 is 11.1 Å².